The lowest BCUT2D eigenvalue weighted by atomic mass is 10.1. The van der Waals surface area contributed by atoms with E-state index in [0.717, 1.165) is 4.90 Å². The zero-order valence-electron chi connectivity index (χ0n) is 12.3. The van der Waals surface area contributed by atoms with Crippen molar-refractivity contribution in [2.45, 2.75) is 0 Å². The van der Waals surface area contributed by atoms with Gasteiger partial charge >= 0.3 is 0 Å². The van der Waals surface area contributed by atoms with Gasteiger partial charge in [-0.15, -0.1) is 0 Å². The number of aromatic nitrogens is 1. The Morgan fingerprint density at radius 1 is 1.13 bits per heavy atom. The van der Waals surface area contributed by atoms with E-state index in [1.54, 1.807) is 36.4 Å². The highest BCUT2D eigenvalue weighted by molar-refractivity contribution is 6.22. The minimum Gasteiger partial charge on any atom is -0.493 e. The fourth-order valence-electron chi connectivity index (χ4n) is 2.35. The Balaban J connectivity index is 1.74. The normalized spacial score (nSPS) is 13.0. The fraction of sp³-hybridized carbons (Fsp3) is 0.125. The SMILES string of the molecule is COc1cccnc1NC(=O)CN1C(=O)c2ccccc2C1=O. The lowest BCUT2D eigenvalue weighted by Gasteiger charge is -2.14. The summed E-state index contributed by atoms with van der Waals surface area (Å²) in [6.07, 6.45) is 1.50. The number of amides is 3. The minimum absolute atomic E-state index is 0.233. The Hall–Kier alpha value is -3.22. The Morgan fingerprint density at radius 2 is 1.78 bits per heavy atom. The van der Waals surface area contributed by atoms with Gasteiger partial charge in [-0.3, -0.25) is 19.3 Å². The monoisotopic (exact) mass is 311 g/mol. The molecule has 116 valence electrons. The van der Waals surface area contributed by atoms with E-state index in [2.05, 4.69) is 10.3 Å². The number of hydrogen-bond donors (Lipinski definition) is 1. The lowest BCUT2D eigenvalue weighted by molar-refractivity contribution is -0.116. The third-order valence-electron chi connectivity index (χ3n) is 3.43. The maximum Gasteiger partial charge on any atom is 0.262 e. The quantitative estimate of drug-likeness (QED) is 0.860. The number of ether oxygens (including phenoxy) is 1. The van der Waals surface area contributed by atoms with Gasteiger partial charge < -0.3 is 10.1 Å². The molecule has 0 aliphatic carbocycles. The van der Waals surface area contributed by atoms with Crippen molar-refractivity contribution in [2.75, 3.05) is 19.0 Å². The molecule has 0 unspecified atom stereocenters. The van der Waals surface area contributed by atoms with Gasteiger partial charge in [0, 0.05) is 6.20 Å². The van der Waals surface area contributed by atoms with Gasteiger partial charge in [0.05, 0.1) is 18.2 Å². The van der Waals surface area contributed by atoms with Gasteiger partial charge in [0.25, 0.3) is 11.8 Å². The van der Waals surface area contributed by atoms with E-state index in [4.69, 9.17) is 4.74 Å². The van der Waals surface area contributed by atoms with Crippen molar-refractivity contribution in [3.05, 3.63) is 53.7 Å². The molecule has 1 aromatic heterocycles. The molecule has 2 heterocycles. The molecule has 7 nitrogen and oxygen atoms in total. The van der Waals surface area contributed by atoms with Crippen LogP contribution in [0.2, 0.25) is 0 Å². The molecule has 0 fully saturated rings. The summed E-state index contributed by atoms with van der Waals surface area (Å²) >= 11 is 0. The summed E-state index contributed by atoms with van der Waals surface area (Å²) in [4.78, 5) is 41.4. The van der Waals surface area contributed by atoms with Gasteiger partial charge in [-0.05, 0) is 24.3 Å². The van der Waals surface area contributed by atoms with Crippen LogP contribution in [0, 0.1) is 0 Å². The van der Waals surface area contributed by atoms with E-state index in [9.17, 15) is 14.4 Å². The van der Waals surface area contributed by atoms with Crippen molar-refractivity contribution in [1.29, 1.82) is 0 Å². The Bertz CT molecular complexity index is 768. The van der Waals surface area contributed by atoms with Crippen LogP contribution in [0.15, 0.2) is 42.6 Å². The lowest BCUT2D eigenvalue weighted by Crippen LogP contribution is -2.37. The maximum absolute atomic E-state index is 12.2. The average Bonchev–Trinajstić information content (AvgIpc) is 2.81. The van der Waals surface area contributed by atoms with Gasteiger partial charge in [-0.25, -0.2) is 4.98 Å². The highest BCUT2D eigenvalue weighted by atomic mass is 16.5. The molecule has 0 saturated heterocycles. The molecule has 3 amide bonds. The van der Waals surface area contributed by atoms with E-state index in [1.165, 1.54) is 13.3 Å². The largest absolute Gasteiger partial charge is 0.493 e. The summed E-state index contributed by atoms with van der Waals surface area (Å²) in [6, 6.07) is 9.78. The first kappa shape index (κ1) is 14.7. The number of imide groups is 1. The van der Waals surface area contributed by atoms with E-state index in [1.807, 2.05) is 0 Å². The second kappa shape index (κ2) is 5.88. The number of carbonyl (C=O) groups excluding carboxylic acids is 3. The van der Waals surface area contributed by atoms with Gasteiger partial charge in [0.15, 0.2) is 11.6 Å². The minimum atomic E-state index is -0.531. The Labute approximate surface area is 131 Å². The van der Waals surface area contributed by atoms with Gasteiger partial charge in [-0.2, -0.15) is 0 Å². The van der Waals surface area contributed by atoms with E-state index >= 15 is 0 Å². The molecule has 0 saturated carbocycles. The Morgan fingerprint density at radius 3 is 2.39 bits per heavy atom. The smallest absolute Gasteiger partial charge is 0.262 e. The fourth-order valence-corrected chi connectivity index (χ4v) is 2.35. The molecular formula is C16H13N3O4. The van der Waals surface area contributed by atoms with Crippen LogP contribution in [0.1, 0.15) is 20.7 Å². The van der Waals surface area contributed by atoms with E-state index in [0.29, 0.717) is 16.9 Å². The summed E-state index contributed by atoms with van der Waals surface area (Å²) in [5, 5.41) is 2.54. The molecule has 1 aliphatic heterocycles. The molecule has 1 aliphatic rings. The standard InChI is InChI=1S/C16H13N3O4/c1-23-12-7-4-8-17-14(12)18-13(20)9-19-15(21)10-5-2-3-6-11(10)16(19)22/h2-8H,9H2,1H3,(H,17,18,20). The van der Waals surface area contributed by atoms with Crippen LogP contribution in [-0.4, -0.2) is 41.3 Å². The third-order valence-corrected chi connectivity index (χ3v) is 3.43. The number of pyridine rings is 1. The zero-order chi connectivity index (χ0) is 16.4. The van der Waals surface area contributed by atoms with Crippen molar-refractivity contribution < 1.29 is 19.1 Å². The first-order valence-electron chi connectivity index (χ1n) is 6.86. The number of benzene rings is 1. The summed E-state index contributed by atoms with van der Waals surface area (Å²) in [7, 11) is 1.46. The molecule has 0 spiro atoms. The van der Waals surface area contributed by atoms with Crippen LogP contribution in [-0.2, 0) is 4.79 Å². The Kier molecular flexibility index (Phi) is 3.76. The van der Waals surface area contributed by atoms with E-state index in [-0.39, 0.29) is 12.4 Å². The third kappa shape index (κ3) is 2.64. The molecule has 0 radical (unpaired) electrons. The molecule has 2 aromatic rings. The molecule has 3 rings (SSSR count). The number of fused-ring (bicyclic) bond motifs is 1. The van der Waals surface area contributed by atoms with E-state index < -0.39 is 17.7 Å². The molecule has 0 bridgehead atoms. The van der Waals surface area contributed by atoms with Crippen molar-refractivity contribution in [3.8, 4) is 5.75 Å². The van der Waals surface area contributed by atoms with Crippen LogP contribution < -0.4 is 10.1 Å². The van der Waals surface area contributed by atoms with Crippen molar-refractivity contribution in [1.82, 2.24) is 9.88 Å². The zero-order valence-corrected chi connectivity index (χ0v) is 12.3. The summed E-state index contributed by atoms with van der Waals surface area (Å²) in [5.41, 5.74) is 0.612. The highest BCUT2D eigenvalue weighted by Crippen LogP contribution is 2.23. The number of nitrogens with one attached hydrogen (secondary N) is 1. The average molecular weight is 311 g/mol. The van der Waals surface area contributed by atoms with Crippen LogP contribution >= 0.6 is 0 Å². The van der Waals surface area contributed by atoms with Gasteiger partial charge in [-0.1, -0.05) is 12.1 Å². The van der Waals surface area contributed by atoms with Crippen LogP contribution in [0.4, 0.5) is 5.82 Å². The van der Waals surface area contributed by atoms with Crippen LogP contribution in [0.25, 0.3) is 0 Å². The van der Waals surface area contributed by atoms with Crippen LogP contribution in [0.5, 0.6) is 5.75 Å². The maximum atomic E-state index is 12.2. The van der Waals surface area contributed by atoms with Gasteiger partial charge in [0.2, 0.25) is 5.91 Å². The number of nitrogens with zero attached hydrogens (tertiary/aromatic N) is 2. The van der Waals surface area contributed by atoms with Crippen molar-refractivity contribution >= 4 is 23.5 Å². The molecule has 1 aromatic carbocycles. The van der Waals surface area contributed by atoms with Crippen molar-refractivity contribution in [2.24, 2.45) is 0 Å². The summed E-state index contributed by atoms with van der Waals surface area (Å²) in [6.45, 7) is -0.383. The number of hydrogen-bond acceptors (Lipinski definition) is 5. The molecule has 7 heteroatoms. The number of rotatable bonds is 4. The second-order valence-electron chi connectivity index (χ2n) is 4.84. The topological polar surface area (TPSA) is 88.6 Å². The molecular weight excluding hydrogens is 298 g/mol. The molecule has 23 heavy (non-hydrogen) atoms. The highest BCUT2D eigenvalue weighted by Gasteiger charge is 2.36. The second-order valence-corrected chi connectivity index (χ2v) is 4.84. The summed E-state index contributed by atoms with van der Waals surface area (Å²) in [5.74, 6) is -0.862. The molecule has 0 atom stereocenters. The van der Waals surface area contributed by atoms with Crippen LogP contribution in [0.3, 0.4) is 0 Å². The number of anilines is 1. The predicted molar refractivity (Wildman–Crippen MR) is 81.2 cm³/mol. The summed E-state index contributed by atoms with van der Waals surface area (Å²) < 4.78 is 5.08. The first-order valence-corrected chi connectivity index (χ1v) is 6.86. The predicted octanol–water partition coefficient (Wildman–Crippen LogP) is 1.32. The van der Waals surface area contributed by atoms with Gasteiger partial charge in [0.1, 0.15) is 6.54 Å². The molecule has 1 N–H and O–H groups in total. The first-order chi connectivity index (χ1) is 11.1. The van der Waals surface area contributed by atoms with Crippen molar-refractivity contribution in [3.63, 3.8) is 0 Å². The number of carbonyl (C=O) groups is 3. The number of methoxy groups -OCH3 is 1.